The summed E-state index contributed by atoms with van der Waals surface area (Å²) in [5.41, 5.74) is 0.544. The average Bonchev–Trinajstić information content (AvgIpc) is 2.71. The standard InChI is InChI=1S/C7H6N6O/c8-13-3-10-4-5(14)11-7-9-1-2-12(7)6(4)13/h1-3H,8H2,(H,9,11,14). The minimum absolute atomic E-state index is 0.289. The van der Waals surface area contributed by atoms with Crippen LogP contribution < -0.4 is 11.4 Å². The van der Waals surface area contributed by atoms with Crippen LogP contribution in [0.15, 0.2) is 23.5 Å². The highest BCUT2D eigenvalue weighted by molar-refractivity contribution is 5.72. The van der Waals surface area contributed by atoms with Crippen LogP contribution in [0.3, 0.4) is 0 Å². The molecule has 0 spiro atoms. The van der Waals surface area contributed by atoms with E-state index in [-0.39, 0.29) is 5.56 Å². The van der Waals surface area contributed by atoms with E-state index in [2.05, 4.69) is 15.0 Å². The highest BCUT2D eigenvalue weighted by Crippen LogP contribution is 2.06. The quantitative estimate of drug-likeness (QED) is 0.448. The molecule has 0 aliphatic carbocycles. The van der Waals surface area contributed by atoms with Gasteiger partial charge in [-0.05, 0) is 0 Å². The Kier molecular flexibility index (Phi) is 1.09. The zero-order chi connectivity index (χ0) is 9.71. The molecular weight excluding hydrogens is 184 g/mol. The van der Waals surface area contributed by atoms with Gasteiger partial charge in [-0.3, -0.25) is 14.2 Å². The zero-order valence-electron chi connectivity index (χ0n) is 7.01. The second-order valence-electron chi connectivity index (χ2n) is 2.90. The van der Waals surface area contributed by atoms with Crippen molar-refractivity contribution in [2.24, 2.45) is 0 Å². The van der Waals surface area contributed by atoms with Crippen LogP contribution in [0.5, 0.6) is 0 Å². The molecule has 3 N–H and O–H groups in total. The molecule has 0 amide bonds. The van der Waals surface area contributed by atoms with Crippen molar-refractivity contribution >= 4 is 16.9 Å². The van der Waals surface area contributed by atoms with Gasteiger partial charge in [0.05, 0.1) is 0 Å². The van der Waals surface area contributed by atoms with Crippen molar-refractivity contribution < 1.29 is 0 Å². The first-order valence-electron chi connectivity index (χ1n) is 3.95. The molecule has 14 heavy (non-hydrogen) atoms. The molecule has 0 unspecified atom stereocenters. The Hall–Kier alpha value is -2.31. The molecule has 0 radical (unpaired) electrons. The van der Waals surface area contributed by atoms with E-state index in [9.17, 15) is 4.79 Å². The van der Waals surface area contributed by atoms with Crippen LogP contribution in [0.4, 0.5) is 0 Å². The molecule has 3 heterocycles. The maximum atomic E-state index is 11.5. The van der Waals surface area contributed by atoms with Crippen molar-refractivity contribution in [3.8, 4) is 0 Å². The van der Waals surface area contributed by atoms with E-state index in [0.717, 1.165) is 0 Å². The summed E-state index contributed by atoms with van der Waals surface area (Å²) >= 11 is 0. The lowest BCUT2D eigenvalue weighted by atomic mass is 10.5. The molecule has 0 fully saturated rings. The molecular formula is C7H6N6O. The number of aromatic nitrogens is 5. The molecule has 0 aromatic carbocycles. The first-order valence-corrected chi connectivity index (χ1v) is 3.95. The topological polar surface area (TPSA) is 94.0 Å². The number of nitrogen functional groups attached to an aromatic ring is 1. The van der Waals surface area contributed by atoms with Crippen LogP contribution in [0.2, 0.25) is 0 Å². The third-order valence-corrected chi connectivity index (χ3v) is 2.08. The number of hydrogen-bond acceptors (Lipinski definition) is 4. The Labute approximate surface area is 76.8 Å². The summed E-state index contributed by atoms with van der Waals surface area (Å²) in [4.78, 5) is 21.9. The maximum Gasteiger partial charge on any atom is 0.280 e. The second kappa shape index (κ2) is 2.13. The number of fused-ring (bicyclic) bond motifs is 3. The molecule has 0 saturated carbocycles. The smallest absolute Gasteiger partial charge is 0.280 e. The molecule has 3 rings (SSSR count). The van der Waals surface area contributed by atoms with Crippen molar-refractivity contribution in [2.45, 2.75) is 0 Å². The van der Waals surface area contributed by atoms with Gasteiger partial charge in [-0.1, -0.05) is 0 Å². The fraction of sp³-hybridized carbons (Fsp3) is 0. The van der Waals surface area contributed by atoms with Crippen LogP contribution in [0, 0.1) is 0 Å². The molecule has 3 aromatic rings. The number of nitrogens with one attached hydrogen (secondary N) is 1. The van der Waals surface area contributed by atoms with Crippen molar-refractivity contribution in [2.75, 3.05) is 5.84 Å². The molecule has 3 aromatic heterocycles. The van der Waals surface area contributed by atoms with Crippen LogP contribution in [0.1, 0.15) is 0 Å². The monoisotopic (exact) mass is 190 g/mol. The third-order valence-electron chi connectivity index (χ3n) is 2.08. The van der Waals surface area contributed by atoms with E-state index in [1.165, 1.54) is 11.0 Å². The van der Waals surface area contributed by atoms with Crippen LogP contribution in [-0.4, -0.2) is 24.0 Å². The fourth-order valence-corrected chi connectivity index (χ4v) is 1.48. The third kappa shape index (κ3) is 0.685. The Morgan fingerprint density at radius 3 is 3.14 bits per heavy atom. The number of aromatic amines is 1. The average molecular weight is 190 g/mol. The molecule has 0 saturated heterocycles. The summed E-state index contributed by atoms with van der Waals surface area (Å²) in [7, 11) is 0. The molecule has 0 aliphatic rings. The summed E-state index contributed by atoms with van der Waals surface area (Å²) < 4.78 is 2.96. The molecule has 70 valence electrons. The van der Waals surface area contributed by atoms with Gasteiger partial charge in [0, 0.05) is 12.4 Å². The number of H-pyrrole nitrogens is 1. The number of nitrogens with two attached hydrogens (primary N) is 1. The molecule has 7 heteroatoms. The van der Waals surface area contributed by atoms with E-state index < -0.39 is 0 Å². The van der Waals surface area contributed by atoms with Crippen molar-refractivity contribution in [1.82, 2.24) is 24.0 Å². The fourth-order valence-electron chi connectivity index (χ4n) is 1.48. The SMILES string of the molecule is Nn1cnc2c(=O)[nH]c3nccn3c21. The van der Waals surface area contributed by atoms with Gasteiger partial charge in [-0.2, -0.15) is 0 Å². The molecule has 7 nitrogen and oxygen atoms in total. The maximum absolute atomic E-state index is 11.5. The van der Waals surface area contributed by atoms with Crippen LogP contribution in [0.25, 0.3) is 16.9 Å². The van der Waals surface area contributed by atoms with E-state index in [4.69, 9.17) is 5.84 Å². The van der Waals surface area contributed by atoms with Gasteiger partial charge in [-0.25, -0.2) is 14.6 Å². The Bertz CT molecular complexity index is 674. The van der Waals surface area contributed by atoms with E-state index in [1.54, 1.807) is 16.8 Å². The Balaban J connectivity index is 2.78. The van der Waals surface area contributed by atoms with Gasteiger partial charge in [0.1, 0.15) is 6.33 Å². The summed E-state index contributed by atoms with van der Waals surface area (Å²) in [6, 6.07) is 0. The second-order valence-corrected chi connectivity index (χ2v) is 2.90. The highest BCUT2D eigenvalue weighted by Gasteiger charge is 2.09. The normalized spacial score (nSPS) is 11.4. The lowest BCUT2D eigenvalue weighted by Gasteiger charge is -1.97. The number of nitrogens with zero attached hydrogens (tertiary/aromatic N) is 4. The molecule has 0 aliphatic heterocycles. The van der Waals surface area contributed by atoms with Gasteiger partial charge >= 0.3 is 0 Å². The molecule has 0 atom stereocenters. The predicted molar refractivity (Wildman–Crippen MR) is 49.3 cm³/mol. The lowest BCUT2D eigenvalue weighted by Crippen LogP contribution is -2.14. The predicted octanol–water partition coefficient (Wildman–Crippen LogP) is -0.914. The van der Waals surface area contributed by atoms with Crippen LogP contribution in [-0.2, 0) is 0 Å². The van der Waals surface area contributed by atoms with E-state index >= 15 is 0 Å². The minimum Gasteiger partial charge on any atom is -0.336 e. The Morgan fingerprint density at radius 2 is 2.29 bits per heavy atom. The first-order chi connectivity index (χ1) is 6.77. The minimum atomic E-state index is -0.289. The van der Waals surface area contributed by atoms with Gasteiger partial charge in [0.2, 0.25) is 5.78 Å². The summed E-state index contributed by atoms with van der Waals surface area (Å²) in [5.74, 6) is 6.08. The lowest BCUT2D eigenvalue weighted by molar-refractivity contribution is 0.988. The van der Waals surface area contributed by atoms with Gasteiger partial charge in [0.25, 0.3) is 5.56 Å². The van der Waals surface area contributed by atoms with Crippen molar-refractivity contribution in [3.05, 3.63) is 29.1 Å². The van der Waals surface area contributed by atoms with Gasteiger partial charge in [-0.15, -0.1) is 0 Å². The zero-order valence-corrected chi connectivity index (χ0v) is 7.01. The van der Waals surface area contributed by atoms with E-state index in [0.29, 0.717) is 16.9 Å². The highest BCUT2D eigenvalue weighted by atomic mass is 16.1. The summed E-state index contributed by atoms with van der Waals surface area (Å²) in [5, 5.41) is 0. The number of imidazole rings is 2. The number of rotatable bonds is 0. The van der Waals surface area contributed by atoms with E-state index in [1.807, 2.05) is 0 Å². The van der Waals surface area contributed by atoms with Crippen LogP contribution >= 0.6 is 0 Å². The van der Waals surface area contributed by atoms with Crippen molar-refractivity contribution in [3.63, 3.8) is 0 Å². The van der Waals surface area contributed by atoms with Gasteiger partial charge < -0.3 is 5.84 Å². The van der Waals surface area contributed by atoms with Crippen molar-refractivity contribution in [1.29, 1.82) is 0 Å². The summed E-state index contributed by atoms with van der Waals surface area (Å²) in [6.45, 7) is 0. The van der Waals surface area contributed by atoms with Gasteiger partial charge in [0.15, 0.2) is 11.2 Å². The largest absolute Gasteiger partial charge is 0.336 e. The Morgan fingerprint density at radius 1 is 1.43 bits per heavy atom. The number of hydrogen-bond donors (Lipinski definition) is 2. The summed E-state index contributed by atoms with van der Waals surface area (Å²) in [6.07, 6.45) is 4.68. The molecule has 0 bridgehead atoms. The first kappa shape index (κ1) is 7.13.